The zero-order valence-corrected chi connectivity index (χ0v) is 14.1. The van der Waals surface area contributed by atoms with Gasteiger partial charge in [0.1, 0.15) is 0 Å². The van der Waals surface area contributed by atoms with Gasteiger partial charge < -0.3 is 5.32 Å². The Balaban J connectivity index is 2.23. The molecule has 0 fully saturated rings. The number of benzene rings is 1. The molecule has 0 saturated heterocycles. The van der Waals surface area contributed by atoms with Crippen LogP contribution in [-0.4, -0.2) is 6.54 Å². The van der Waals surface area contributed by atoms with Crippen LogP contribution in [0.4, 0.5) is 0 Å². The van der Waals surface area contributed by atoms with Crippen molar-refractivity contribution in [2.24, 2.45) is 0 Å². The number of rotatable bonds is 5. The second-order valence-corrected chi connectivity index (χ2v) is 6.90. The van der Waals surface area contributed by atoms with Crippen LogP contribution >= 0.6 is 27.3 Å². The van der Waals surface area contributed by atoms with E-state index >= 15 is 0 Å². The fourth-order valence-electron chi connectivity index (χ4n) is 2.22. The molecule has 0 spiro atoms. The first-order valence-corrected chi connectivity index (χ1v) is 8.29. The Morgan fingerprint density at radius 1 is 1.21 bits per heavy atom. The lowest BCUT2D eigenvalue weighted by molar-refractivity contribution is 0.681. The van der Waals surface area contributed by atoms with Crippen molar-refractivity contribution in [2.45, 2.75) is 33.7 Å². The molecule has 0 atom stereocenters. The van der Waals surface area contributed by atoms with Gasteiger partial charge in [0.25, 0.3) is 0 Å². The van der Waals surface area contributed by atoms with E-state index < -0.39 is 0 Å². The highest BCUT2D eigenvalue weighted by Crippen LogP contribution is 2.36. The van der Waals surface area contributed by atoms with Crippen molar-refractivity contribution in [3.8, 4) is 10.4 Å². The minimum Gasteiger partial charge on any atom is -0.312 e. The average molecular weight is 338 g/mol. The standard InChI is InChI=1S/C16H20BrNS/c1-4-7-18-10-13-5-6-15(19-13)16-12(3)8-11(2)9-14(16)17/h5-6,8-9,18H,4,7,10H2,1-3H3. The predicted molar refractivity (Wildman–Crippen MR) is 88.9 cm³/mol. The first kappa shape index (κ1) is 14.8. The van der Waals surface area contributed by atoms with E-state index in [4.69, 9.17) is 0 Å². The molecule has 3 heteroatoms. The summed E-state index contributed by atoms with van der Waals surface area (Å²) in [5.74, 6) is 0. The molecule has 0 bridgehead atoms. The number of halogens is 1. The summed E-state index contributed by atoms with van der Waals surface area (Å²) in [6, 6.07) is 8.90. The van der Waals surface area contributed by atoms with Crippen molar-refractivity contribution in [1.82, 2.24) is 5.32 Å². The smallest absolute Gasteiger partial charge is 0.0360 e. The van der Waals surface area contributed by atoms with Gasteiger partial charge >= 0.3 is 0 Å². The van der Waals surface area contributed by atoms with Gasteiger partial charge in [-0.2, -0.15) is 0 Å². The Hall–Kier alpha value is -0.640. The predicted octanol–water partition coefficient (Wildman–Crippen LogP) is 5.29. The molecule has 1 nitrogen and oxygen atoms in total. The van der Waals surface area contributed by atoms with Crippen LogP contribution in [-0.2, 0) is 6.54 Å². The van der Waals surface area contributed by atoms with Crippen LogP contribution in [0.1, 0.15) is 29.3 Å². The Kier molecular flexibility index (Phi) is 5.20. The summed E-state index contributed by atoms with van der Waals surface area (Å²) in [5.41, 5.74) is 3.97. The maximum Gasteiger partial charge on any atom is 0.0360 e. The van der Waals surface area contributed by atoms with Crippen molar-refractivity contribution in [3.63, 3.8) is 0 Å². The van der Waals surface area contributed by atoms with Crippen molar-refractivity contribution in [1.29, 1.82) is 0 Å². The maximum atomic E-state index is 3.70. The van der Waals surface area contributed by atoms with Gasteiger partial charge in [-0.1, -0.05) is 28.9 Å². The van der Waals surface area contributed by atoms with Crippen molar-refractivity contribution in [2.75, 3.05) is 6.54 Å². The summed E-state index contributed by atoms with van der Waals surface area (Å²) >= 11 is 5.58. The van der Waals surface area contributed by atoms with Gasteiger partial charge in [0, 0.05) is 26.3 Å². The third kappa shape index (κ3) is 3.68. The molecule has 19 heavy (non-hydrogen) atoms. The van der Waals surface area contributed by atoms with Crippen LogP contribution in [0.5, 0.6) is 0 Å². The molecular formula is C16H20BrNS. The number of aryl methyl sites for hydroxylation is 2. The molecule has 1 heterocycles. The van der Waals surface area contributed by atoms with Crippen LogP contribution in [0.25, 0.3) is 10.4 Å². The minimum atomic E-state index is 0.973. The molecule has 1 aromatic heterocycles. The molecule has 1 aromatic carbocycles. The second kappa shape index (κ2) is 6.69. The van der Waals surface area contributed by atoms with Crippen LogP contribution in [0.3, 0.4) is 0 Å². The minimum absolute atomic E-state index is 0.973. The van der Waals surface area contributed by atoms with Crippen LogP contribution in [0.2, 0.25) is 0 Å². The lowest BCUT2D eigenvalue weighted by Gasteiger charge is -2.08. The second-order valence-electron chi connectivity index (χ2n) is 4.88. The Labute approximate surface area is 128 Å². The molecule has 0 amide bonds. The number of hydrogen-bond donors (Lipinski definition) is 1. The Bertz CT molecular complexity index is 537. The number of nitrogens with one attached hydrogen (secondary N) is 1. The van der Waals surface area contributed by atoms with Gasteiger partial charge in [-0.15, -0.1) is 11.3 Å². The quantitative estimate of drug-likeness (QED) is 0.730. The topological polar surface area (TPSA) is 12.0 Å². The Morgan fingerprint density at radius 3 is 2.68 bits per heavy atom. The van der Waals surface area contributed by atoms with Gasteiger partial charge in [0.05, 0.1) is 0 Å². The summed E-state index contributed by atoms with van der Waals surface area (Å²) in [6.45, 7) is 8.57. The average Bonchev–Trinajstić information content (AvgIpc) is 2.76. The van der Waals surface area contributed by atoms with E-state index in [0.29, 0.717) is 0 Å². The van der Waals surface area contributed by atoms with E-state index in [2.05, 4.69) is 66.3 Å². The molecule has 102 valence electrons. The number of thiophene rings is 1. The van der Waals surface area contributed by atoms with E-state index in [1.54, 1.807) is 0 Å². The van der Waals surface area contributed by atoms with Crippen LogP contribution in [0.15, 0.2) is 28.7 Å². The highest BCUT2D eigenvalue weighted by Gasteiger charge is 2.10. The molecule has 0 radical (unpaired) electrons. The van der Waals surface area contributed by atoms with Crippen LogP contribution < -0.4 is 5.32 Å². The summed E-state index contributed by atoms with van der Waals surface area (Å²) in [4.78, 5) is 2.74. The molecule has 0 aliphatic rings. The normalized spacial score (nSPS) is 10.9. The fourth-order valence-corrected chi connectivity index (χ4v) is 4.34. The monoisotopic (exact) mass is 337 g/mol. The molecule has 0 aliphatic carbocycles. The number of hydrogen-bond acceptors (Lipinski definition) is 2. The first-order valence-electron chi connectivity index (χ1n) is 6.68. The van der Waals surface area contributed by atoms with E-state index in [-0.39, 0.29) is 0 Å². The third-order valence-corrected chi connectivity index (χ3v) is 4.79. The van der Waals surface area contributed by atoms with E-state index in [1.807, 2.05) is 11.3 Å². The van der Waals surface area contributed by atoms with Crippen LogP contribution in [0, 0.1) is 13.8 Å². The zero-order valence-electron chi connectivity index (χ0n) is 11.7. The highest BCUT2D eigenvalue weighted by molar-refractivity contribution is 9.10. The molecule has 2 rings (SSSR count). The molecule has 1 N–H and O–H groups in total. The lowest BCUT2D eigenvalue weighted by atomic mass is 10.0. The van der Waals surface area contributed by atoms with Crippen molar-refractivity contribution in [3.05, 3.63) is 44.7 Å². The third-order valence-electron chi connectivity index (χ3n) is 3.07. The molecular weight excluding hydrogens is 318 g/mol. The first-order chi connectivity index (χ1) is 9.11. The van der Waals surface area contributed by atoms with E-state index in [1.165, 1.54) is 37.3 Å². The van der Waals surface area contributed by atoms with Gasteiger partial charge in [-0.25, -0.2) is 0 Å². The maximum absolute atomic E-state index is 3.70. The summed E-state index contributed by atoms with van der Waals surface area (Å²) in [5, 5.41) is 3.45. The van der Waals surface area contributed by atoms with Crippen molar-refractivity contribution < 1.29 is 0 Å². The molecule has 2 aromatic rings. The molecule has 0 saturated carbocycles. The summed E-state index contributed by atoms with van der Waals surface area (Å²) < 4.78 is 1.19. The zero-order chi connectivity index (χ0) is 13.8. The highest BCUT2D eigenvalue weighted by atomic mass is 79.9. The fraction of sp³-hybridized carbons (Fsp3) is 0.375. The van der Waals surface area contributed by atoms with E-state index in [9.17, 15) is 0 Å². The van der Waals surface area contributed by atoms with Gasteiger partial charge in [-0.3, -0.25) is 0 Å². The van der Waals surface area contributed by atoms with Gasteiger partial charge in [0.2, 0.25) is 0 Å². The molecule has 0 aliphatic heterocycles. The van der Waals surface area contributed by atoms with Gasteiger partial charge in [0.15, 0.2) is 0 Å². The SMILES string of the molecule is CCCNCc1ccc(-c2c(C)cc(C)cc2Br)s1. The Morgan fingerprint density at radius 2 is 2.00 bits per heavy atom. The summed E-state index contributed by atoms with van der Waals surface area (Å²) in [7, 11) is 0. The van der Waals surface area contributed by atoms with E-state index in [0.717, 1.165) is 13.1 Å². The molecule has 0 unspecified atom stereocenters. The largest absolute Gasteiger partial charge is 0.312 e. The van der Waals surface area contributed by atoms with Gasteiger partial charge in [-0.05, 0) is 56.1 Å². The lowest BCUT2D eigenvalue weighted by Crippen LogP contribution is -2.12. The van der Waals surface area contributed by atoms with Crippen molar-refractivity contribution >= 4 is 27.3 Å². The summed E-state index contributed by atoms with van der Waals surface area (Å²) in [6.07, 6.45) is 1.18.